The molecule has 1 saturated heterocycles. The van der Waals surface area contributed by atoms with Crippen molar-refractivity contribution in [1.82, 2.24) is 0 Å². The summed E-state index contributed by atoms with van der Waals surface area (Å²) in [6.45, 7) is 2.65. The van der Waals surface area contributed by atoms with Crippen LogP contribution in [0.15, 0.2) is 80.0 Å². The highest BCUT2D eigenvalue weighted by atomic mass is 17.2. The predicted molar refractivity (Wildman–Crippen MR) is 138 cm³/mol. The van der Waals surface area contributed by atoms with Crippen LogP contribution in [0.1, 0.15) is 13.8 Å². The number of ether oxygens (including phenoxy) is 4. The van der Waals surface area contributed by atoms with Crippen molar-refractivity contribution in [3.05, 3.63) is 80.0 Å². The number of Topliss-reactive ketones (excluding diaryl/α,β-unsaturated/α-hetero) is 2. The van der Waals surface area contributed by atoms with E-state index < -0.39 is 64.3 Å². The van der Waals surface area contributed by atoms with Crippen LogP contribution in [-0.2, 0) is 43.1 Å². The van der Waals surface area contributed by atoms with Crippen LogP contribution in [-0.4, -0.2) is 84.5 Å². The number of fused-ring (bicyclic) bond motifs is 3. The lowest BCUT2D eigenvalue weighted by Gasteiger charge is -2.55. The van der Waals surface area contributed by atoms with Crippen LogP contribution in [0.2, 0.25) is 0 Å². The average Bonchev–Trinajstić information content (AvgIpc) is 3.06. The Morgan fingerprint density at radius 2 is 1.62 bits per heavy atom. The summed E-state index contributed by atoms with van der Waals surface area (Å²) >= 11 is 0. The van der Waals surface area contributed by atoms with Gasteiger partial charge in [0.15, 0.2) is 34.8 Å². The van der Waals surface area contributed by atoms with Gasteiger partial charge in [-0.25, -0.2) is 9.78 Å². The van der Waals surface area contributed by atoms with E-state index in [0.717, 1.165) is 0 Å². The lowest BCUT2D eigenvalue weighted by Crippen LogP contribution is -2.68. The molecule has 1 heterocycles. The molecule has 0 aromatic rings. The maximum atomic E-state index is 14.0. The minimum Gasteiger partial charge on any atom is -0.504 e. The number of rotatable bonds is 5. The first-order valence-electron chi connectivity index (χ1n) is 13.3. The second-order valence-electron chi connectivity index (χ2n) is 11.3. The molecular formula is C30H28O12. The molecule has 2 fully saturated rings. The van der Waals surface area contributed by atoms with Crippen molar-refractivity contribution in [2.45, 2.75) is 37.3 Å². The van der Waals surface area contributed by atoms with E-state index in [0.29, 0.717) is 11.1 Å². The number of aliphatic hydroxyl groups is 3. The molecule has 1 spiro atoms. The quantitative estimate of drug-likeness (QED) is 0.397. The van der Waals surface area contributed by atoms with E-state index in [4.69, 9.17) is 28.7 Å². The molecule has 1 saturated carbocycles. The molecule has 220 valence electrons. The van der Waals surface area contributed by atoms with Gasteiger partial charge in [-0.2, -0.15) is 0 Å². The third-order valence-corrected chi connectivity index (χ3v) is 9.64. The molecule has 2 bridgehead atoms. The molecule has 0 aromatic carbocycles. The normalized spacial score (nSPS) is 37.9. The summed E-state index contributed by atoms with van der Waals surface area (Å²) in [4.78, 5) is 53.0. The first-order chi connectivity index (χ1) is 19.9. The molecule has 12 heteroatoms. The Labute approximate surface area is 239 Å². The van der Waals surface area contributed by atoms with Crippen LogP contribution in [0.3, 0.4) is 0 Å². The number of allylic oxidation sites excluding steroid dienone is 3. The number of carbonyl (C=O) groups is 3. The smallest absolute Gasteiger partial charge is 0.230 e. The highest BCUT2D eigenvalue weighted by molar-refractivity contribution is 6.13. The zero-order chi connectivity index (χ0) is 30.2. The number of hydrogen-bond acceptors (Lipinski definition) is 12. The van der Waals surface area contributed by atoms with Gasteiger partial charge in [0.1, 0.15) is 40.8 Å². The highest BCUT2D eigenvalue weighted by Crippen LogP contribution is 2.69. The molecule has 7 unspecified atom stereocenters. The second kappa shape index (κ2) is 8.32. The minimum absolute atomic E-state index is 0.000225. The van der Waals surface area contributed by atoms with Gasteiger partial charge in [0, 0.05) is 28.7 Å². The van der Waals surface area contributed by atoms with Gasteiger partial charge < -0.3 is 34.3 Å². The van der Waals surface area contributed by atoms with Crippen molar-refractivity contribution in [1.29, 1.82) is 0 Å². The molecule has 0 aromatic heterocycles. The lowest BCUT2D eigenvalue weighted by atomic mass is 9.48. The summed E-state index contributed by atoms with van der Waals surface area (Å²) in [6.07, 6.45) is -0.326. The van der Waals surface area contributed by atoms with E-state index in [1.54, 1.807) is 0 Å². The Morgan fingerprint density at radius 3 is 2.21 bits per heavy atom. The molecule has 0 amide bonds. The standard InChI is InChI=1S/C30H28O12/c1-9(31)21-27(40-6)24(34)19-15-11(32)8-13(38-4)16-12(37-3)7-10-14(17(15)16)18-20(26(39-5)25(35)23(10)33)28-29(2,36)30(21,22(18)19)42-41-28/h7-8,16,18,21,23,28,33-34,36H,1-6H3. The maximum Gasteiger partial charge on any atom is 0.230 e. The van der Waals surface area contributed by atoms with Crippen LogP contribution >= 0.6 is 0 Å². The van der Waals surface area contributed by atoms with Crippen molar-refractivity contribution >= 4 is 17.3 Å². The maximum absolute atomic E-state index is 14.0. The molecule has 1 aliphatic heterocycles. The number of hydrogen-bond donors (Lipinski definition) is 3. The molecule has 7 aliphatic rings. The van der Waals surface area contributed by atoms with Crippen molar-refractivity contribution in [3.8, 4) is 0 Å². The lowest BCUT2D eigenvalue weighted by molar-refractivity contribution is -0.319. The van der Waals surface area contributed by atoms with Gasteiger partial charge in [0.2, 0.25) is 5.78 Å². The Balaban J connectivity index is 1.74. The molecule has 7 atom stereocenters. The molecule has 12 nitrogen and oxygen atoms in total. The SMILES string of the molecule is COC1=CC(=O)C2=C3C4=C(C=C(OC)C13)C(O)C(=O)C(OC)=C1C4C3=C2C(O)=C(OC)C(C(C)=O)C32OOC1C2(C)O. The van der Waals surface area contributed by atoms with Crippen LogP contribution in [0.25, 0.3) is 0 Å². The van der Waals surface area contributed by atoms with Gasteiger partial charge in [-0.15, -0.1) is 0 Å². The van der Waals surface area contributed by atoms with Crippen LogP contribution in [0.4, 0.5) is 0 Å². The third-order valence-electron chi connectivity index (χ3n) is 9.64. The second-order valence-corrected chi connectivity index (χ2v) is 11.3. The van der Waals surface area contributed by atoms with Gasteiger partial charge in [0.05, 0.1) is 28.4 Å². The average molecular weight is 581 g/mol. The van der Waals surface area contributed by atoms with E-state index in [-0.39, 0.29) is 50.9 Å². The number of ketones is 3. The molecule has 3 N–H and O–H groups in total. The number of aliphatic hydroxyl groups excluding tert-OH is 2. The number of methoxy groups -OCH3 is 4. The molecule has 7 rings (SSSR count). The summed E-state index contributed by atoms with van der Waals surface area (Å²) in [5, 5.41) is 35.7. The van der Waals surface area contributed by atoms with E-state index in [1.807, 2.05) is 0 Å². The van der Waals surface area contributed by atoms with E-state index in [9.17, 15) is 29.7 Å². The topological polar surface area (TPSA) is 167 Å². The summed E-state index contributed by atoms with van der Waals surface area (Å²) in [6, 6.07) is 0. The van der Waals surface area contributed by atoms with E-state index >= 15 is 0 Å². The van der Waals surface area contributed by atoms with Gasteiger partial charge in [-0.05, 0) is 42.2 Å². The first-order valence-corrected chi connectivity index (χ1v) is 13.3. The van der Waals surface area contributed by atoms with Crippen LogP contribution in [0, 0.1) is 17.8 Å². The van der Waals surface area contributed by atoms with E-state index in [2.05, 4.69) is 0 Å². The fourth-order valence-corrected chi connectivity index (χ4v) is 8.11. The Bertz CT molecular complexity index is 1660. The summed E-state index contributed by atoms with van der Waals surface area (Å²) in [5.41, 5.74) is -3.06. The van der Waals surface area contributed by atoms with Crippen LogP contribution < -0.4 is 0 Å². The van der Waals surface area contributed by atoms with Gasteiger partial charge in [0.25, 0.3) is 0 Å². The Hall–Kier alpha value is -3.97. The summed E-state index contributed by atoms with van der Waals surface area (Å²) < 4.78 is 22.5. The van der Waals surface area contributed by atoms with Crippen molar-refractivity contribution in [3.63, 3.8) is 0 Å². The van der Waals surface area contributed by atoms with Gasteiger partial charge in [-0.1, -0.05) is 0 Å². The monoisotopic (exact) mass is 580 g/mol. The summed E-state index contributed by atoms with van der Waals surface area (Å²) in [7, 11) is 5.33. The molecule has 0 radical (unpaired) electrons. The zero-order valence-corrected chi connectivity index (χ0v) is 23.6. The minimum atomic E-state index is -2.06. The van der Waals surface area contributed by atoms with Crippen LogP contribution in [0.5, 0.6) is 0 Å². The number of carbonyl (C=O) groups excluding carboxylic acids is 3. The van der Waals surface area contributed by atoms with Gasteiger partial charge in [-0.3, -0.25) is 14.4 Å². The van der Waals surface area contributed by atoms with Crippen molar-refractivity contribution in [2.75, 3.05) is 28.4 Å². The summed E-state index contributed by atoms with van der Waals surface area (Å²) in [5.74, 6) is -5.64. The largest absolute Gasteiger partial charge is 0.504 e. The van der Waals surface area contributed by atoms with Crippen molar-refractivity contribution < 1.29 is 58.4 Å². The fourth-order valence-electron chi connectivity index (χ4n) is 8.11. The van der Waals surface area contributed by atoms with Crippen molar-refractivity contribution in [2.24, 2.45) is 17.8 Å². The first kappa shape index (κ1) is 26.9. The van der Waals surface area contributed by atoms with E-state index in [1.165, 1.54) is 54.4 Å². The Kier molecular flexibility index (Phi) is 5.33. The zero-order valence-electron chi connectivity index (χ0n) is 23.6. The third kappa shape index (κ3) is 2.66. The van der Waals surface area contributed by atoms with Gasteiger partial charge >= 0.3 is 0 Å². The molecule has 6 aliphatic carbocycles. The predicted octanol–water partition coefficient (Wildman–Crippen LogP) is 1.09. The highest BCUT2D eigenvalue weighted by Gasteiger charge is 2.78. The molecule has 42 heavy (non-hydrogen) atoms. The fraction of sp³-hybridized carbons (Fsp3) is 0.433. The Morgan fingerprint density at radius 1 is 0.952 bits per heavy atom. The molecular weight excluding hydrogens is 552 g/mol.